The number of methoxy groups -OCH3 is 1. The van der Waals surface area contributed by atoms with Crippen LogP contribution in [0.4, 0.5) is 9.39 Å². The molecule has 6 rings (SSSR count). The second-order valence-electron chi connectivity index (χ2n) is 9.90. The number of hydrogen-bond donors (Lipinski definition) is 1. The minimum Gasteiger partial charge on any atom is -0.465 e. The SMILES string of the molecule is COC(=O)c1c(-c2ccc(F)cc2)csc1NC(=O)CN(C)C12CC3CC(CC(C3)C1)C2. The molecule has 4 aliphatic rings. The summed E-state index contributed by atoms with van der Waals surface area (Å²) in [5.41, 5.74) is 1.79. The predicted octanol–water partition coefficient (Wildman–Crippen LogP) is 5.18. The lowest BCUT2D eigenvalue weighted by molar-refractivity contribution is -0.123. The van der Waals surface area contributed by atoms with E-state index in [1.165, 1.54) is 69.1 Å². The van der Waals surface area contributed by atoms with Crippen molar-refractivity contribution in [2.75, 3.05) is 26.0 Å². The third-order valence-corrected chi connectivity index (χ3v) is 8.68. The van der Waals surface area contributed by atoms with Crippen LogP contribution >= 0.6 is 11.3 Å². The molecule has 7 heteroatoms. The average Bonchev–Trinajstić information content (AvgIpc) is 3.16. The van der Waals surface area contributed by atoms with Gasteiger partial charge in [-0.1, -0.05) is 12.1 Å². The monoisotopic (exact) mass is 456 g/mol. The number of amides is 1. The van der Waals surface area contributed by atoms with E-state index in [0.29, 0.717) is 28.2 Å². The summed E-state index contributed by atoms with van der Waals surface area (Å²) in [6, 6.07) is 5.95. The Hall–Kier alpha value is -2.25. The maximum atomic E-state index is 13.3. The number of thiophene rings is 1. The topological polar surface area (TPSA) is 58.6 Å². The average molecular weight is 457 g/mol. The second-order valence-corrected chi connectivity index (χ2v) is 10.8. The fraction of sp³-hybridized carbons (Fsp3) is 0.520. The number of anilines is 1. The number of carbonyl (C=O) groups is 2. The van der Waals surface area contributed by atoms with Crippen molar-refractivity contribution < 1.29 is 18.7 Å². The van der Waals surface area contributed by atoms with Gasteiger partial charge in [-0.15, -0.1) is 11.3 Å². The van der Waals surface area contributed by atoms with Gasteiger partial charge in [-0.3, -0.25) is 9.69 Å². The molecule has 1 amide bonds. The van der Waals surface area contributed by atoms with Gasteiger partial charge in [-0.25, -0.2) is 9.18 Å². The van der Waals surface area contributed by atoms with Gasteiger partial charge in [-0.05, 0) is 81.0 Å². The normalized spacial score (nSPS) is 28.2. The molecule has 4 saturated carbocycles. The van der Waals surface area contributed by atoms with Crippen molar-refractivity contribution in [1.29, 1.82) is 0 Å². The number of likely N-dealkylation sites (N-methyl/N-ethyl adjacent to an activating group) is 1. The molecule has 4 aliphatic carbocycles. The number of halogens is 1. The molecule has 4 fully saturated rings. The number of carbonyl (C=O) groups excluding carboxylic acids is 2. The summed E-state index contributed by atoms with van der Waals surface area (Å²) in [4.78, 5) is 27.8. The summed E-state index contributed by atoms with van der Waals surface area (Å²) in [6.45, 7) is 0.302. The molecule has 2 aromatic rings. The molecule has 0 spiro atoms. The van der Waals surface area contributed by atoms with Gasteiger partial charge in [0.1, 0.15) is 16.4 Å². The maximum absolute atomic E-state index is 13.3. The van der Waals surface area contributed by atoms with Crippen LogP contribution < -0.4 is 5.32 Å². The van der Waals surface area contributed by atoms with Crippen LogP contribution in [0, 0.1) is 23.6 Å². The Morgan fingerprint density at radius 2 is 1.72 bits per heavy atom. The molecular formula is C25H29FN2O3S. The molecular weight excluding hydrogens is 427 g/mol. The first-order valence-electron chi connectivity index (χ1n) is 11.3. The lowest BCUT2D eigenvalue weighted by Gasteiger charge is -2.59. The van der Waals surface area contributed by atoms with E-state index >= 15 is 0 Å². The molecule has 32 heavy (non-hydrogen) atoms. The van der Waals surface area contributed by atoms with Crippen LogP contribution in [0.2, 0.25) is 0 Å². The van der Waals surface area contributed by atoms with Crippen molar-refractivity contribution >= 4 is 28.2 Å². The number of benzene rings is 1. The lowest BCUT2D eigenvalue weighted by atomic mass is 9.52. The predicted molar refractivity (Wildman–Crippen MR) is 123 cm³/mol. The highest BCUT2D eigenvalue weighted by Gasteiger charge is 2.52. The van der Waals surface area contributed by atoms with E-state index in [1.54, 1.807) is 17.5 Å². The van der Waals surface area contributed by atoms with Crippen molar-refractivity contribution in [3.05, 3.63) is 41.0 Å². The molecule has 1 aromatic heterocycles. The maximum Gasteiger partial charge on any atom is 0.341 e. The summed E-state index contributed by atoms with van der Waals surface area (Å²) in [6.07, 6.45) is 7.69. The van der Waals surface area contributed by atoms with Crippen molar-refractivity contribution in [3.63, 3.8) is 0 Å². The Kier molecular flexibility index (Phi) is 5.58. The van der Waals surface area contributed by atoms with Crippen molar-refractivity contribution in [1.82, 2.24) is 4.90 Å². The van der Waals surface area contributed by atoms with Crippen LogP contribution in [0.25, 0.3) is 11.1 Å². The number of rotatable bonds is 6. The molecule has 0 aliphatic heterocycles. The van der Waals surface area contributed by atoms with Gasteiger partial charge in [0.2, 0.25) is 5.91 Å². The highest BCUT2D eigenvalue weighted by Crippen LogP contribution is 2.57. The van der Waals surface area contributed by atoms with Gasteiger partial charge in [0.15, 0.2) is 0 Å². The van der Waals surface area contributed by atoms with Crippen molar-refractivity contribution in [2.24, 2.45) is 17.8 Å². The van der Waals surface area contributed by atoms with E-state index in [0.717, 1.165) is 17.8 Å². The quantitative estimate of drug-likeness (QED) is 0.609. The molecule has 0 saturated heterocycles. The summed E-state index contributed by atoms with van der Waals surface area (Å²) >= 11 is 1.29. The van der Waals surface area contributed by atoms with E-state index in [4.69, 9.17) is 4.74 Å². The molecule has 1 heterocycles. The second kappa shape index (κ2) is 8.27. The Morgan fingerprint density at radius 3 is 2.28 bits per heavy atom. The number of esters is 1. The van der Waals surface area contributed by atoms with Gasteiger partial charge < -0.3 is 10.1 Å². The van der Waals surface area contributed by atoms with Crippen LogP contribution in [0.15, 0.2) is 29.6 Å². The van der Waals surface area contributed by atoms with E-state index in [-0.39, 0.29) is 17.3 Å². The highest BCUT2D eigenvalue weighted by molar-refractivity contribution is 7.15. The van der Waals surface area contributed by atoms with E-state index < -0.39 is 5.97 Å². The zero-order valence-corrected chi connectivity index (χ0v) is 19.3. The minimum atomic E-state index is -0.518. The molecule has 0 radical (unpaired) electrons. The molecule has 1 N–H and O–H groups in total. The van der Waals surface area contributed by atoms with Gasteiger partial charge in [0, 0.05) is 16.5 Å². The summed E-state index contributed by atoms with van der Waals surface area (Å²) < 4.78 is 18.3. The summed E-state index contributed by atoms with van der Waals surface area (Å²) in [5, 5.41) is 5.23. The summed E-state index contributed by atoms with van der Waals surface area (Å²) in [7, 11) is 3.40. The van der Waals surface area contributed by atoms with Gasteiger partial charge in [0.05, 0.1) is 13.7 Å². The van der Waals surface area contributed by atoms with Crippen LogP contribution in [0.1, 0.15) is 48.9 Å². The van der Waals surface area contributed by atoms with Crippen LogP contribution in [0.3, 0.4) is 0 Å². The van der Waals surface area contributed by atoms with E-state index in [9.17, 15) is 14.0 Å². The zero-order valence-electron chi connectivity index (χ0n) is 18.5. The number of hydrogen-bond acceptors (Lipinski definition) is 5. The zero-order chi connectivity index (χ0) is 22.5. The lowest BCUT2D eigenvalue weighted by Crippen LogP contribution is -2.59. The first-order chi connectivity index (χ1) is 15.4. The Bertz CT molecular complexity index is 997. The number of nitrogens with one attached hydrogen (secondary N) is 1. The molecule has 0 unspecified atom stereocenters. The van der Waals surface area contributed by atoms with E-state index in [1.807, 2.05) is 0 Å². The van der Waals surface area contributed by atoms with Gasteiger partial charge >= 0.3 is 5.97 Å². The van der Waals surface area contributed by atoms with Crippen LogP contribution in [0.5, 0.6) is 0 Å². The van der Waals surface area contributed by atoms with E-state index in [2.05, 4.69) is 17.3 Å². The number of ether oxygens (including phenoxy) is 1. The third kappa shape index (κ3) is 3.86. The number of nitrogens with zero attached hydrogens (tertiary/aromatic N) is 1. The first-order valence-corrected chi connectivity index (χ1v) is 12.2. The molecule has 0 atom stereocenters. The fourth-order valence-electron chi connectivity index (χ4n) is 6.68. The van der Waals surface area contributed by atoms with Crippen molar-refractivity contribution in [3.8, 4) is 11.1 Å². The first kappa shape index (κ1) is 21.6. The van der Waals surface area contributed by atoms with Gasteiger partial charge in [0.25, 0.3) is 0 Å². The summed E-state index contributed by atoms with van der Waals surface area (Å²) in [5.74, 6) is 1.45. The standard InChI is InChI=1S/C25H29FN2O3S/c1-28(25-10-15-7-16(11-25)9-17(8-15)12-25)13-21(29)27-23-22(24(30)31-2)20(14-32-23)18-3-5-19(26)6-4-18/h3-6,14-17H,7-13H2,1-2H3,(H,27,29). The Labute approximate surface area is 191 Å². The van der Waals surface area contributed by atoms with Crippen molar-refractivity contribution in [2.45, 2.75) is 44.1 Å². The fourth-order valence-corrected chi connectivity index (χ4v) is 7.65. The Morgan fingerprint density at radius 1 is 1.12 bits per heavy atom. The highest BCUT2D eigenvalue weighted by atomic mass is 32.1. The largest absolute Gasteiger partial charge is 0.465 e. The molecule has 170 valence electrons. The third-order valence-electron chi connectivity index (χ3n) is 7.79. The molecule has 4 bridgehead atoms. The van der Waals surface area contributed by atoms with Crippen LogP contribution in [-0.4, -0.2) is 43.0 Å². The Balaban J connectivity index is 1.33. The van der Waals surface area contributed by atoms with Gasteiger partial charge in [-0.2, -0.15) is 0 Å². The smallest absolute Gasteiger partial charge is 0.341 e. The minimum absolute atomic E-state index is 0.124. The molecule has 1 aromatic carbocycles. The van der Waals surface area contributed by atoms with Crippen LogP contribution in [-0.2, 0) is 9.53 Å². The molecule has 5 nitrogen and oxygen atoms in total.